The number of hydrogen-bond acceptors (Lipinski definition) is 4. The first-order chi connectivity index (χ1) is 8.93. The summed E-state index contributed by atoms with van der Waals surface area (Å²) in [5.74, 6) is -0.921. The van der Waals surface area contributed by atoms with Crippen molar-refractivity contribution in [1.82, 2.24) is 10.3 Å². The topological polar surface area (TPSA) is 88.5 Å². The van der Waals surface area contributed by atoms with Gasteiger partial charge in [-0.25, -0.2) is 9.78 Å². The molecule has 0 fully saturated rings. The average Bonchev–Trinajstić information content (AvgIpc) is 2.37. The van der Waals surface area contributed by atoms with Gasteiger partial charge in [0.2, 0.25) is 5.88 Å². The largest absolute Gasteiger partial charge is 0.481 e. The minimum atomic E-state index is -1.04. The fourth-order valence-corrected chi connectivity index (χ4v) is 1.57. The zero-order valence-electron chi connectivity index (χ0n) is 11.2. The van der Waals surface area contributed by atoms with Crippen molar-refractivity contribution in [3.8, 4) is 5.88 Å². The molecular weight excluding hydrogens is 248 g/mol. The van der Waals surface area contributed by atoms with E-state index < -0.39 is 17.9 Å². The fourth-order valence-electron chi connectivity index (χ4n) is 1.57. The van der Waals surface area contributed by atoms with E-state index in [4.69, 9.17) is 9.84 Å². The van der Waals surface area contributed by atoms with Gasteiger partial charge >= 0.3 is 5.97 Å². The Labute approximate surface area is 111 Å². The summed E-state index contributed by atoms with van der Waals surface area (Å²) in [7, 11) is 1.48. The maximum absolute atomic E-state index is 11.9. The van der Waals surface area contributed by atoms with E-state index in [-0.39, 0.29) is 5.92 Å². The normalized spacial score (nSPS) is 12.0. The maximum Gasteiger partial charge on any atom is 0.326 e. The summed E-state index contributed by atoms with van der Waals surface area (Å²) < 4.78 is 4.88. The SMILES string of the molecule is COc1ccc(C(=O)N[C@@H](CC(C)C)C(=O)O)cn1. The van der Waals surface area contributed by atoms with Gasteiger partial charge in [0.05, 0.1) is 12.7 Å². The fraction of sp³-hybridized carbons (Fsp3) is 0.462. The van der Waals surface area contributed by atoms with Crippen LogP contribution in [0.15, 0.2) is 18.3 Å². The van der Waals surface area contributed by atoms with Crippen LogP contribution in [0.2, 0.25) is 0 Å². The first-order valence-electron chi connectivity index (χ1n) is 5.97. The highest BCUT2D eigenvalue weighted by Gasteiger charge is 2.21. The standard InChI is InChI=1S/C13H18N2O4/c1-8(2)6-10(13(17)18)15-12(16)9-4-5-11(19-3)14-7-9/h4-5,7-8,10H,6H2,1-3H3,(H,15,16)(H,17,18)/t10-/m0/s1. The molecule has 1 amide bonds. The molecule has 0 unspecified atom stereocenters. The van der Waals surface area contributed by atoms with Gasteiger partial charge < -0.3 is 15.2 Å². The average molecular weight is 266 g/mol. The van der Waals surface area contributed by atoms with Crippen LogP contribution in [0.1, 0.15) is 30.6 Å². The van der Waals surface area contributed by atoms with E-state index in [1.54, 1.807) is 6.07 Å². The molecule has 0 aliphatic carbocycles. The van der Waals surface area contributed by atoms with Crippen molar-refractivity contribution in [2.45, 2.75) is 26.3 Å². The van der Waals surface area contributed by atoms with Crippen LogP contribution < -0.4 is 10.1 Å². The third-order valence-electron chi connectivity index (χ3n) is 2.52. The molecule has 2 N–H and O–H groups in total. The quantitative estimate of drug-likeness (QED) is 0.810. The Morgan fingerprint density at radius 1 is 1.42 bits per heavy atom. The number of carbonyl (C=O) groups excluding carboxylic acids is 1. The Morgan fingerprint density at radius 3 is 2.53 bits per heavy atom. The molecule has 0 spiro atoms. The van der Waals surface area contributed by atoms with Crippen LogP contribution in [0.4, 0.5) is 0 Å². The predicted octanol–water partition coefficient (Wildman–Crippen LogP) is 1.32. The molecule has 0 saturated heterocycles. The molecule has 0 aliphatic rings. The zero-order chi connectivity index (χ0) is 14.4. The number of rotatable bonds is 6. The highest BCUT2D eigenvalue weighted by atomic mass is 16.5. The van der Waals surface area contributed by atoms with Crippen LogP contribution in [0.5, 0.6) is 5.88 Å². The van der Waals surface area contributed by atoms with Gasteiger partial charge in [-0.1, -0.05) is 13.8 Å². The molecule has 0 radical (unpaired) electrons. The summed E-state index contributed by atoms with van der Waals surface area (Å²) in [5.41, 5.74) is 0.302. The maximum atomic E-state index is 11.9. The number of pyridine rings is 1. The molecule has 0 aromatic carbocycles. The highest BCUT2D eigenvalue weighted by Crippen LogP contribution is 2.09. The summed E-state index contributed by atoms with van der Waals surface area (Å²) in [6.45, 7) is 3.80. The number of amides is 1. The van der Waals surface area contributed by atoms with Crippen molar-refractivity contribution in [2.24, 2.45) is 5.92 Å². The lowest BCUT2D eigenvalue weighted by molar-refractivity contribution is -0.139. The smallest absolute Gasteiger partial charge is 0.326 e. The van der Waals surface area contributed by atoms with Crippen LogP contribution in [-0.4, -0.2) is 35.1 Å². The van der Waals surface area contributed by atoms with Gasteiger partial charge in [0.15, 0.2) is 0 Å². The van der Waals surface area contributed by atoms with E-state index in [1.165, 1.54) is 19.4 Å². The highest BCUT2D eigenvalue weighted by molar-refractivity contribution is 5.96. The van der Waals surface area contributed by atoms with Crippen molar-refractivity contribution in [3.05, 3.63) is 23.9 Å². The van der Waals surface area contributed by atoms with Gasteiger partial charge in [0, 0.05) is 12.3 Å². The van der Waals surface area contributed by atoms with Crippen molar-refractivity contribution >= 4 is 11.9 Å². The second-order valence-corrected chi connectivity index (χ2v) is 4.58. The van der Waals surface area contributed by atoms with Gasteiger partial charge in [-0.05, 0) is 18.4 Å². The number of aliphatic carboxylic acids is 1. The Bertz CT molecular complexity index is 442. The molecule has 104 valence electrons. The van der Waals surface area contributed by atoms with Gasteiger partial charge in [-0.3, -0.25) is 4.79 Å². The second-order valence-electron chi connectivity index (χ2n) is 4.58. The monoisotopic (exact) mass is 266 g/mol. The number of carboxylic acid groups (broad SMARTS) is 1. The minimum absolute atomic E-state index is 0.176. The number of ether oxygens (including phenoxy) is 1. The van der Waals surface area contributed by atoms with Crippen LogP contribution in [0.3, 0.4) is 0 Å². The Hall–Kier alpha value is -2.11. The molecule has 1 atom stereocenters. The molecule has 0 bridgehead atoms. The van der Waals surface area contributed by atoms with E-state index in [1.807, 2.05) is 13.8 Å². The Kier molecular flexibility index (Phi) is 5.29. The summed E-state index contributed by atoms with van der Waals surface area (Å²) in [5, 5.41) is 11.5. The van der Waals surface area contributed by atoms with Gasteiger partial charge in [0.1, 0.15) is 6.04 Å². The molecule has 0 saturated carbocycles. The molecule has 1 heterocycles. The van der Waals surface area contributed by atoms with Gasteiger partial charge in [-0.2, -0.15) is 0 Å². The molecule has 1 rings (SSSR count). The lowest BCUT2D eigenvalue weighted by Gasteiger charge is -2.16. The number of hydrogen-bond donors (Lipinski definition) is 2. The van der Waals surface area contributed by atoms with Crippen molar-refractivity contribution < 1.29 is 19.4 Å². The molecule has 6 heteroatoms. The Balaban J connectivity index is 2.72. The van der Waals surface area contributed by atoms with E-state index in [0.29, 0.717) is 17.9 Å². The summed E-state index contributed by atoms with van der Waals surface area (Å²) >= 11 is 0. The lowest BCUT2D eigenvalue weighted by atomic mass is 10.0. The summed E-state index contributed by atoms with van der Waals surface area (Å²) in [6.07, 6.45) is 1.73. The van der Waals surface area contributed by atoms with Crippen LogP contribution in [-0.2, 0) is 4.79 Å². The minimum Gasteiger partial charge on any atom is -0.481 e. The van der Waals surface area contributed by atoms with Crippen molar-refractivity contribution in [2.75, 3.05) is 7.11 Å². The Morgan fingerprint density at radius 2 is 2.11 bits per heavy atom. The lowest BCUT2D eigenvalue weighted by Crippen LogP contribution is -2.41. The zero-order valence-corrected chi connectivity index (χ0v) is 11.2. The van der Waals surface area contributed by atoms with Crippen LogP contribution >= 0.6 is 0 Å². The van der Waals surface area contributed by atoms with Crippen LogP contribution in [0, 0.1) is 5.92 Å². The number of nitrogens with zero attached hydrogens (tertiary/aromatic N) is 1. The number of carboxylic acids is 1. The van der Waals surface area contributed by atoms with E-state index >= 15 is 0 Å². The third-order valence-corrected chi connectivity index (χ3v) is 2.52. The molecule has 6 nitrogen and oxygen atoms in total. The third kappa shape index (κ3) is 4.57. The summed E-state index contributed by atoms with van der Waals surface area (Å²) in [4.78, 5) is 26.8. The van der Waals surface area contributed by atoms with Gasteiger partial charge in [-0.15, -0.1) is 0 Å². The number of carbonyl (C=O) groups is 2. The van der Waals surface area contributed by atoms with Crippen molar-refractivity contribution in [1.29, 1.82) is 0 Å². The van der Waals surface area contributed by atoms with E-state index in [0.717, 1.165) is 0 Å². The second kappa shape index (κ2) is 6.72. The van der Waals surface area contributed by atoms with Gasteiger partial charge in [0.25, 0.3) is 5.91 Å². The number of nitrogens with one attached hydrogen (secondary N) is 1. The van der Waals surface area contributed by atoms with E-state index in [9.17, 15) is 9.59 Å². The van der Waals surface area contributed by atoms with Crippen LogP contribution in [0.25, 0.3) is 0 Å². The molecular formula is C13H18N2O4. The summed E-state index contributed by atoms with van der Waals surface area (Å²) in [6, 6.07) is 2.19. The number of aromatic nitrogens is 1. The first-order valence-corrected chi connectivity index (χ1v) is 5.97. The van der Waals surface area contributed by atoms with Crippen molar-refractivity contribution in [3.63, 3.8) is 0 Å². The predicted molar refractivity (Wildman–Crippen MR) is 69.1 cm³/mol. The molecule has 1 aromatic heterocycles. The number of methoxy groups -OCH3 is 1. The molecule has 1 aromatic rings. The molecule has 0 aliphatic heterocycles. The van der Waals surface area contributed by atoms with E-state index in [2.05, 4.69) is 10.3 Å². The molecule has 19 heavy (non-hydrogen) atoms. The first kappa shape index (κ1) is 14.9.